The van der Waals surface area contributed by atoms with Crippen molar-refractivity contribution in [3.63, 3.8) is 0 Å². The van der Waals surface area contributed by atoms with E-state index < -0.39 is 0 Å². The summed E-state index contributed by atoms with van der Waals surface area (Å²) in [4.78, 5) is 10.2. The molecule has 4 rings (SSSR count). The summed E-state index contributed by atoms with van der Waals surface area (Å²) in [6, 6.07) is 30.2. The molecule has 0 atom stereocenters. The molecule has 4 aromatic rings. The van der Waals surface area contributed by atoms with Crippen LogP contribution in [0, 0.1) is 11.5 Å². The van der Waals surface area contributed by atoms with Crippen molar-refractivity contribution >= 4 is 22.2 Å². The van der Waals surface area contributed by atoms with E-state index in [0.29, 0.717) is 6.54 Å². The van der Waals surface area contributed by atoms with Gasteiger partial charge in [0, 0.05) is 11.1 Å². The van der Waals surface area contributed by atoms with Crippen molar-refractivity contribution in [3.8, 4) is 11.3 Å². The van der Waals surface area contributed by atoms with Gasteiger partial charge in [-0.15, -0.1) is 47.1 Å². The molecule has 0 aliphatic heterocycles. The van der Waals surface area contributed by atoms with Crippen LogP contribution in [-0.2, 0) is 27.6 Å². The Morgan fingerprint density at radius 1 is 0.886 bits per heavy atom. The fourth-order valence-corrected chi connectivity index (χ4v) is 4.10. The Labute approximate surface area is 224 Å². The van der Waals surface area contributed by atoms with Gasteiger partial charge in [0.15, 0.2) is 0 Å². The molecule has 0 aliphatic carbocycles. The second kappa shape index (κ2) is 10.9. The molecule has 0 amide bonds. The topological polar surface area (TPSA) is 39.4 Å². The van der Waals surface area contributed by atoms with Crippen molar-refractivity contribution in [1.29, 1.82) is 0 Å². The average molecular weight is 643 g/mol. The smallest absolute Gasteiger partial charge is 0.679 e. The van der Waals surface area contributed by atoms with Crippen molar-refractivity contribution in [2.75, 3.05) is 0 Å². The summed E-state index contributed by atoms with van der Waals surface area (Å²) >= 11 is 0. The zero-order valence-corrected chi connectivity index (χ0v) is 23.6. The number of aromatic nitrogens is 1. The van der Waals surface area contributed by atoms with Crippen LogP contribution in [0.3, 0.4) is 0 Å². The van der Waals surface area contributed by atoms with E-state index in [9.17, 15) is 0 Å². The SMILES string of the molecule is CC(C)(C)[N-]c1ccccc1C(=NCc1cc2ccccc2c(-c2[c-]cccc2)n1)C(C)(C)C.[Pt+2]. The molecule has 3 nitrogen and oxygen atoms in total. The van der Waals surface area contributed by atoms with Crippen LogP contribution < -0.4 is 0 Å². The number of benzene rings is 3. The molecule has 0 spiro atoms. The third kappa shape index (κ3) is 6.67. The number of para-hydroxylation sites is 1. The first-order valence-corrected chi connectivity index (χ1v) is 11.8. The number of rotatable bonds is 5. The molecule has 0 bridgehead atoms. The first-order valence-electron chi connectivity index (χ1n) is 11.8. The van der Waals surface area contributed by atoms with E-state index in [1.54, 1.807) is 0 Å². The number of hydrogen-bond donors (Lipinski definition) is 0. The molecule has 0 aliphatic rings. The maximum atomic E-state index is 5.15. The second-order valence-electron chi connectivity index (χ2n) is 10.7. The summed E-state index contributed by atoms with van der Waals surface area (Å²) in [5, 5.41) is 7.27. The van der Waals surface area contributed by atoms with Crippen LogP contribution in [0.1, 0.15) is 52.8 Å². The normalized spacial score (nSPS) is 12.3. The Morgan fingerprint density at radius 3 is 2.26 bits per heavy atom. The Hall–Kier alpha value is -2.77. The van der Waals surface area contributed by atoms with E-state index >= 15 is 0 Å². The van der Waals surface area contributed by atoms with E-state index in [1.165, 1.54) is 0 Å². The Morgan fingerprint density at radius 2 is 1.57 bits per heavy atom. The summed E-state index contributed by atoms with van der Waals surface area (Å²) in [7, 11) is 0. The van der Waals surface area contributed by atoms with Crippen molar-refractivity contribution in [2.45, 2.75) is 53.6 Å². The van der Waals surface area contributed by atoms with E-state index in [2.05, 4.69) is 102 Å². The van der Waals surface area contributed by atoms with Gasteiger partial charge in [-0.2, -0.15) is 0 Å². The summed E-state index contributed by atoms with van der Waals surface area (Å²) in [6.45, 7) is 13.5. The maximum absolute atomic E-state index is 5.15. The Bertz CT molecular complexity index is 1310. The van der Waals surface area contributed by atoms with Gasteiger partial charge in [-0.25, -0.2) is 0 Å². The molecule has 182 valence electrons. The van der Waals surface area contributed by atoms with Gasteiger partial charge in [0.05, 0.1) is 12.2 Å². The fourth-order valence-electron chi connectivity index (χ4n) is 4.10. The third-order valence-electron chi connectivity index (χ3n) is 5.48. The Kier molecular flexibility index (Phi) is 8.33. The molecule has 0 radical (unpaired) electrons. The van der Waals surface area contributed by atoms with Crippen LogP contribution in [0.25, 0.3) is 27.3 Å². The predicted molar refractivity (Wildman–Crippen MR) is 145 cm³/mol. The van der Waals surface area contributed by atoms with Gasteiger partial charge in [0.1, 0.15) is 0 Å². The molecule has 0 unspecified atom stereocenters. The molecule has 1 aromatic heterocycles. The molecular weight excluding hydrogens is 609 g/mol. The molecule has 0 saturated heterocycles. The van der Waals surface area contributed by atoms with E-state index in [4.69, 9.17) is 15.3 Å². The number of aliphatic imine (C=N–C) groups is 1. The van der Waals surface area contributed by atoms with Gasteiger partial charge >= 0.3 is 21.1 Å². The minimum Gasteiger partial charge on any atom is -0.679 e. The van der Waals surface area contributed by atoms with Crippen LogP contribution in [0.4, 0.5) is 5.69 Å². The molecule has 0 saturated carbocycles. The van der Waals surface area contributed by atoms with Crippen LogP contribution in [0.2, 0.25) is 0 Å². The quantitative estimate of drug-likeness (QED) is 0.159. The van der Waals surface area contributed by atoms with Gasteiger partial charge in [-0.3, -0.25) is 9.98 Å². The van der Waals surface area contributed by atoms with Gasteiger partial charge in [0.25, 0.3) is 0 Å². The van der Waals surface area contributed by atoms with Gasteiger partial charge in [-0.1, -0.05) is 90.1 Å². The fraction of sp³-hybridized carbons (Fsp3) is 0.290. The molecular formula is C31H33N3Pt. The van der Waals surface area contributed by atoms with E-state index in [1.807, 2.05) is 24.3 Å². The van der Waals surface area contributed by atoms with E-state index in [-0.39, 0.29) is 32.0 Å². The largest absolute Gasteiger partial charge is 2.00 e. The monoisotopic (exact) mass is 642 g/mol. The number of nitrogens with zero attached hydrogens (tertiary/aromatic N) is 3. The molecule has 0 N–H and O–H groups in total. The molecule has 3 aromatic carbocycles. The number of fused-ring (bicyclic) bond motifs is 1. The minimum absolute atomic E-state index is 0. The maximum Gasteiger partial charge on any atom is 2.00 e. The van der Waals surface area contributed by atoms with Crippen LogP contribution in [0.5, 0.6) is 0 Å². The Balaban J connectivity index is 0.00000342. The summed E-state index contributed by atoms with van der Waals surface area (Å²) < 4.78 is 0. The minimum atomic E-state index is -0.167. The van der Waals surface area contributed by atoms with Gasteiger partial charge < -0.3 is 5.32 Å². The van der Waals surface area contributed by atoms with Crippen molar-refractivity contribution in [2.24, 2.45) is 10.4 Å². The summed E-state index contributed by atoms with van der Waals surface area (Å²) in [5.74, 6) is 0. The van der Waals surface area contributed by atoms with Gasteiger partial charge in [0.2, 0.25) is 0 Å². The van der Waals surface area contributed by atoms with Crippen molar-refractivity contribution in [1.82, 2.24) is 4.98 Å². The summed E-state index contributed by atoms with van der Waals surface area (Å²) in [5.41, 5.74) is 5.68. The zero-order valence-electron chi connectivity index (χ0n) is 21.4. The van der Waals surface area contributed by atoms with Crippen LogP contribution >= 0.6 is 0 Å². The van der Waals surface area contributed by atoms with Crippen molar-refractivity contribution < 1.29 is 21.1 Å². The number of hydrogen-bond acceptors (Lipinski definition) is 2. The number of pyridine rings is 1. The zero-order chi connectivity index (χ0) is 24.3. The van der Waals surface area contributed by atoms with Gasteiger partial charge in [-0.05, 0) is 28.1 Å². The second-order valence-corrected chi connectivity index (χ2v) is 10.7. The van der Waals surface area contributed by atoms with Crippen molar-refractivity contribution in [3.05, 3.63) is 102 Å². The predicted octanol–water partition coefficient (Wildman–Crippen LogP) is 8.54. The average Bonchev–Trinajstić information content (AvgIpc) is 2.78. The van der Waals surface area contributed by atoms with E-state index in [0.717, 1.165) is 44.7 Å². The molecule has 0 fully saturated rings. The molecule has 4 heteroatoms. The standard InChI is InChI=1S/C31H33N3.Pt/c1-30(2,3)29(26-18-12-13-19-27(26)34-31(4,5)6)32-21-24-20-23-16-10-11-17-25(23)28(33-24)22-14-8-7-9-15-22;/h7-14,16-20H,21H2,1-6H3;/q-2;+2. The molecule has 35 heavy (non-hydrogen) atoms. The van der Waals surface area contributed by atoms with Crippen LogP contribution in [0.15, 0.2) is 83.9 Å². The first-order chi connectivity index (χ1) is 16.1. The first kappa shape index (κ1) is 26.8. The third-order valence-corrected chi connectivity index (χ3v) is 5.48. The molecule has 1 heterocycles. The summed E-state index contributed by atoms with van der Waals surface area (Å²) in [6.07, 6.45) is 0. The van der Waals surface area contributed by atoms with Crippen LogP contribution in [-0.4, -0.2) is 16.2 Å².